The Morgan fingerprint density at radius 2 is 0.842 bits per heavy atom. The second-order valence-corrected chi connectivity index (χ2v) is 37.4. The van der Waals surface area contributed by atoms with Gasteiger partial charge in [0.2, 0.25) is 17.7 Å². The van der Waals surface area contributed by atoms with Gasteiger partial charge in [-0.2, -0.15) is 40.8 Å². The van der Waals surface area contributed by atoms with Crippen LogP contribution in [-0.4, -0.2) is 234 Å². The molecule has 8 aromatic heterocycles. The van der Waals surface area contributed by atoms with Crippen LogP contribution in [-0.2, 0) is 126 Å². The Bertz CT molecular complexity index is 6310. The van der Waals surface area contributed by atoms with E-state index in [0.29, 0.717) is 77.7 Å². The number of ether oxygens (including phenoxy) is 4. The molecular weight excluding hydrogens is 1680 g/mol. The van der Waals surface area contributed by atoms with Gasteiger partial charge in [0.25, 0.3) is 0 Å². The fraction of sp³-hybridized carbons (Fsp3) is 0.480. The molecule has 0 radical (unpaired) electrons. The number of rotatable bonds is 14. The maximum atomic E-state index is 12.4. The quantitative estimate of drug-likeness (QED) is 0.106. The van der Waals surface area contributed by atoms with Crippen LogP contribution >= 0.6 is 0 Å². The van der Waals surface area contributed by atoms with Gasteiger partial charge in [0.15, 0.2) is 23.3 Å². The minimum atomic E-state index is -0.0336. The molecule has 33 nitrogen and oxygen atoms in total. The first-order chi connectivity index (χ1) is 64.7. The highest BCUT2D eigenvalue weighted by atomic mass is 16.5. The van der Waals surface area contributed by atoms with Crippen LogP contribution in [0, 0.1) is 6.92 Å². The molecule has 4 fully saturated rings. The molecule has 1 N–H and O–H groups in total. The Kier molecular flexibility index (Phi) is 24.8. The maximum Gasteiger partial charge on any atom is 0.317 e. The third kappa shape index (κ3) is 17.3. The predicted octanol–water partition coefficient (Wildman–Crippen LogP) is 13.3. The summed E-state index contributed by atoms with van der Waals surface area (Å²) < 4.78 is 38.7. The average molecular weight is 1800 g/mol. The summed E-state index contributed by atoms with van der Waals surface area (Å²) in [7, 11) is 9.50. The first kappa shape index (κ1) is 88.2. The number of aryl methyl sites for hydroxylation is 6. The third-order valence-electron chi connectivity index (χ3n) is 29.0. The van der Waals surface area contributed by atoms with Gasteiger partial charge in [-0.1, -0.05) is 37.3 Å². The number of benzene rings is 4. The second kappa shape index (κ2) is 37.4. The summed E-state index contributed by atoms with van der Waals surface area (Å²) in [5.74, 6) is 4.80. The Morgan fingerprint density at radius 1 is 0.429 bits per heavy atom. The van der Waals surface area contributed by atoms with Gasteiger partial charge in [0, 0.05) is 268 Å². The number of amides is 5. The summed E-state index contributed by atoms with van der Waals surface area (Å²) in [6.07, 6.45) is 25.4. The molecule has 4 saturated heterocycles. The highest BCUT2D eigenvalue weighted by molar-refractivity contribution is 5.82. The van der Waals surface area contributed by atoms with Crippen molar-refractivity contribution in [1.29, 1.82) is 0 Å². The maximum absolute atomic E-state index is 12.4. The summed E-state index contributed by atoms with van der Waals surface area (Å²) in [4.78, 5) is 66.0. The molecule has 0 saturated carbocycles. The van der Waals surface area contributed by atoms with E-state index >= 15 is 0 Å². The Labute approximate surface area is 776 Å². The number of urea groups is 1. The van der Waals surface area contributed by atoms with Crippen molar-refractivity contribution in [3.05, 3.63) is 190 Å². The zero-order valence-electron chi connectivity index (χ0n) is 78.6. The molecule has 0 aliphatic carbocycles. The van der Waals surface area contributed by atoms with Gasteiger partial charge in [-0.15, -0.1) is 0 Å². The number of aromatic nitrogens is 16. The van der Waals surface area contributed by atoms with E-state index in [-0.39, 0.29) is 41.9 Å². The Morgan fingerprint density at radius 3 is 1.28 bits per heavy atom. The number of nitrogens with one attached hydrogen (secondary N) is 1. The molecule has 696 valence electrons. The van der Waals surface area contributed by atoms with E-state index in [2.05, 4.69) is 176 Å². The van der Waals surface area contributed by atoms with E-state index in [0.717, 1.165) is 199 Å². The molecule has 33 heteroatoms. The lowest BCUT2D eigenvalue weighted by Gasteiger charge is -2.35. The number of hydrogen-bond donors (Lipinski definition) is 1. The standard InChI is InChI=1S/C26H32N6O2.C25H31N7O2.C25H30N6O2.C24H30N6O2/c1-17-22(14-27-29(17)3)19-6-7-24-20(13-19)5-4-10-31(24)26-23-15-30(18(2)33)11-8-25(23)32(28-26)21-9-12-34-16-21;1-26-25(33)30-10-7-23-21(15-30)24(28-32(23)20-8-11-34-16-20)31-9-3-4-18-12-17(5-6-22(18)31)19-13-27-29(2)14-19;1-16-6-9-30(23-5-4-18(10-21(16)23)19-11-26-28(3)12-19)25-22-13-29(17(2)32)8-7-24(22)31(27-25)20-14-33-15-20;1-4-29(20-7-5-18(6-8-20)19-13-25-27(3)14-19)24-22-15-28(17(2)31)11-9-23(22)30(26-24)21-10-12-32-16-21/h6-7,13-14,21H,4-5,8-12,15-16H2,1-3H3;5-6,12-14,20H,3-4,7-11,15-16H2,1-2H3,(H,26,33);4-5,10-12,16,20H,6-9,13-15H2,1-3H3;5-8,13-14,21H,4,9-12,15-16H2,1-3H3/t21-;20-;;21-/m00.0/s1. The molecule has 133 heavy (non-hydrogen) atoms. The monoisotopic (exact) mass is 1800 g/mol. The fourth-order valence-electron chi connectivity index (χ4n) is 21.4. The molecule has 19 heterocycles. The van der Waals surface area contributed by atoms with E-state index in [4.69, 9.17) is 39.3 Å². The van der Waals surface area contributed by atoms with Gasteiger partial charge in [-0.05, 0) is 159 Å². The van der Waals surface area contributed by atoms with Gasteiger partial charge in [0.05, 0.1) is 108 Å². The van der Waals surface area contributed by atoms with Crippen LogP contribution in [0.3, 0.4) is 0 Å². The number of anilines is 8. The van der Waals surface area contributed by atoms with Crippen molar-refractivity contribution in [2.75, 3.05) is 132 Å². The minimum Gasteiger partial charge on any atom is -0.379 e. The minimum absolute atomic E-state index is 0.0336. The van der Waals surface area contributed by atoms with Crippen LogP contribution in [0.25, 0.3) is 44.5 Å². The molecule has 11 aliphatic heterocycles. The van der Waals surface area contributed by atoms with Crippen molar-refractivity contribution < 1.29 is 38.1 Å². The summed E-state index contributed by atoms with van der Waals surface area (Å²) in [6, 6.07) is 29.8. The van der Waals surface area contributed by atoms with Crippen LogP contribution < -0.4 is 24.9 Å². The van der Waals surface area contributed by atoms with Crippen LogP contribution in [0.4, 0.5) is 50.8 Å². The van der Waals surface area contributed by atoms with E-state index in [1.54, 1.807) is 27.8 Å². The highest BCUT2D eigenvalue weighted by Gasteiger charge is 2.41. The van der Waals surface area contributed by atoms with Crippen molar-refractivity contribution in [2.45, 2.75) is 175 Å². The summed E-state index contributed by atoms with van der Waals surface area (Å²) in [5, 5.41) is 40.8. The normalized spacial score (nSPS) is 19.6. The van der Waals surface area contributed by atoms with E-state index < -0.39 is 0 Å². The fourth-order valence-corrected chi connectivity index (χ4v) is 21.4. The van der Waals surface area contributed by atoms with Crippen molar-refractivity contribution >= 4 is 69.8 Å². The largest absolute Gasteiger partial charge is 0.379 e. The van der Waals surface area contributed by atoms with Crippen molar-refractivity contribution in [3.63, 3.8) is 0 Å². The Hall–Kier alpha value is -12.7. The first-order valence-electron chi connectivity index (χ1n) is 47.7. The lowest BCUT2D eigenvalue weighted by atomic mass is 9.89. The summed E-state index contributed by atoms with van der Waals surface area (Å²) >= 11 is 0. The third-order valence-corrected chi connectivity index (χ3v) is 29.0. The molecule has 11 aliphatic rings. The van der Waals surface area contributed by atoms with Crippen LogP contribution in [0.15, 0.2) is 122 Å². The smallest absolute Gasteiger partial charge is 0.317 e. The Balaban J connectivity index is 0.000000110. The zero-order chi connectivity index (χ0) is 91.6. The highest BCUT2D eigenvalue weighted by Crippen LogP contribution is 2.48. The number of nitrogens with zero attached hydrogens (tertiary/aromatic N) is 24. The molecule has 23 rings (SSSR count). The summed E-state index contributed by atoms with van der Waals surface area (Å²) in [6.45, 7) is 26.4. The number of hydrogen-bond acceptors (Lipinski definition) is 20. The molecule has 4 atom stereocenters. The van der Waals surface area contributed by atoms with Crippen molar-refractivity contribution in [1.82, 2.24) is 103 Å². The number of carbonyl (C=O) groups excluding carboxylic acids is 4. The molecule has 1 unspecified atom stereocenters. The van der Waals surface area contributed by atoms with Crippen LogP contribution in [0.5, 0.6) is 0 Å². The van der Waals surface area contributed by atoms with Gasteiger partial charge >= 0.3 is 6.03 Å². The van der Waals surface area contributed by atoms with E-state index in [1.807, 2.05) is 97.5 Å². The lowest BCUT2D eigenvalue weighted by Crippen LogP contribution is -2.42. The lowest BCUT2D eigenvalue weighted by molar-refractivity contribution is -0.130. The van der Waals surface area contributed by atoms with Gasteiger partial charge < -0.3 is 63.5 Å². The molecule has 0 bridgehead atoms. The number of carbonyl (C=O) groups is 4. The van der Waals surface area contributed by atoms with Gasteiger partial charge in [-0.3, -0.25) is 51.8 Å². The molecule has 5 amide bonds. The topological polar surface area (TPSA) is 286 Å². The average Bonchev–Trinajstić information content (AvgIpc) is 1.62. The summed E-state index contributed by atoms with van der Waals surface area (Å²) in [5.41, 5.74) is 29.0. The second-order valence-electron chi connectivity index (χ2n) is 37.4. The first-order valence-corrected chi connectivity index (χ1v) is 47.7. The predicted molar refractivity (Wildman–Crippen MR) is 508 cm³/mol. The zero-order valence-corrected chi connectivity index (χ0v) is 78.6. The number of fused-ring (bicyclic) bond motifs is 7. The van der Waals surface area contributed by atoms with Crippen LogP contribution in [0.1, 0.15) is 171 Å². The van der Waals surface area contributed by atoms with Crippen molar-refractivity contribution in [3.8, 4) is 44.5 Å². The molecule has 0 spiro atoms. The van der Waals surface area contributed by atoms with Crippen molar-refractivity contribution in [2.24, 2.45) is 28.2 Å². The molecule has 12 aromatic rings. The van der Waals surface area contributed by atoms with Gasteiger partial charge in [-0.25, -0.2) is 4.79 Å². The van der Waals surface area contributed by atoms with Gasteiger partial charge in [0.1, 0.15) is 0 Å². The SMILES string of the molecule is CC(=O)N1CCc2c(c(N3CCC(C)c4cc(-c5cnn(C)c5)ccc43)nn2C2COC2)C1.CC(=O)N1CCc2c(c(N3CCCc4cc(-c5cnn(C)c5C)ccc43)nn2[C@H]2CCOC2)C1.CCN(c1ccc(-c2cnn(C)c2)cc1)c1nn([C@H]2CCOC2)c2c1CN(C(C)=O)CC2.CNC(=O)N1CCc2c(c(N3CCCc4cc(-c5cnn(C)c5)ccc43)nn2[C@H]2CCOC2)C1. The molecular formula is C100H123N25O8. The van der Waals surface area contributed by atoms with E-state index in [1.165, 1.54) is 101 Å². The van der Waals surface area contributed by atoms with E-state index in [9.17, 15) is 19.2 Å². The molecule has 4 aromatic carbocycles. The van der Waals surface area contributed by atoms with Crippen LogP contribution in [0.2, 0.25) is 0 Å².